The summed E-state index contributed by atoms with van der Waals surface area (Å²) in [4.78, 5) is 5.07. The second-order valence-corrected chi connectivity index (χ2v) is 9.30. The summed E-state index contributed by atoms with van der Waals surface area (Å²) < 4.78 is 1.99. The monoisotopic (exact) mass is 512 g/mol. The molecule has 0 saturated heterocycles. The maximum atomic E-state index is 10.5. The smallest absolute Gasteiger partial charge is 0.126 e. The Morgan fingerprint density at radius 2 is 1.62 bits per heavy atom. The normalized spacial score (nSPS) is 19.1. The summed E-state index contributed by atoms with van der Waals surface area (Å²) in [5.41, 5.74) is 6.61. The molecule has 5 heteroatoms. The number of hydrogen-bond donors (Lipinski definition) is 2. The Balaban J connectivity index is 1.79. The fraction of sp³-hybridized carbons (Fsp3) is 0.208. The van der Waals surface area contributed by atoms with E-state index in [1.807, 2.05) is 24.3 Å². The molecule has 0 radical (unpaired) electrons. The molecule has 29 heavy (non-hydrogen) atoms. The predicted molar refractivity (Wildman–Crippen MR) is 126 cm³/mol. The fourth-order valence-corrected chi connectivity index (χ4v) is 4.46. The molecule has 1 aliphatic heterocycles. The Bertz CT molecular complexity index is 1080. The molecule has 148 valence electrons. The van der Waals surface area contributed by atoms with Gasteiger partial charge in [-0.05, 0) is 60.9 Å². The Morgan fingerprint density at radius 3 is 2.34 bits per heavy atom. The van der Waals surface area contributed by atoms with E-state index in [0.29, 0.717) is 12.2 Å². The number of nitrogens with one attached hydrogen (secondary N) is 1. The van der Waals surface area contributed by atoms with Crippen LogP contribution in [0.25, 0.3) is 0 Å². The molecule has 0 aromatic heterocycles. The highest BCUT2D eigenvalue weighted by Gasteiger charge is 2.28. The van der Waals surface area contributed by atoms with E-state index in [1.165, 1.54) is 11.1 Å². The van der Waals surface area contributed by atoms with Crippen LogP contribution in [0, 0.1) is 13.8 Å². The first-order chi connectivity index (χ1) is 13.9. The Kier molecular flexibility index (Phi) is 5.91. The molecule has 1 heterocycles. The van der Waals surface area contributed by atoms with Crippen LogP contribution in [-0.4, -0.2) is 10.8 Å². The molecule has 3 aromatic rings. The fourth-order valence-electron chi connectivity index (χ4n) is 3.82. The van der Waals surface area contributed by atoms with Crippen molar-refractivity contribution in [3.05, 3.63) is 97.4 Å². The molecule has 3 nitrogen and oxygen atoms in total. The minimum atomic E-state index is -0.175. The lowest BCUT2D eigenvalue weighted by Gasteiger charge is -2.31. The maximum Gasteiger partial charge on any atom is 0.126 e. The van der Waals surface area contributed by atoms with E-state index in [9.17, 15) is 5.11 Å². The highest BCUT2D eigenvalue weighted by atomic mass is 79.9. The summed E-state index contributed by atoms with van der Waals surface area (Å²) in [5.74, 6) is 0.294. The molecule has 2 N–H and O–H groups in total. The van der Waals surface area contributed by atoms with Gasteiger partial charge in [0, 0.05) is 32.7 Å². The van der Waals surface area contributed by atoms with Crippen LogP contribution in [0.5, 0.6) is 5.75 Å². The number of hydrogen-bond acceptors (Lipinski definition) is 3. The van der Waals surface area contributed by atoms with Crippen molar-refractivity contribution < 1.29 is 5.11 Å². The molecule has 3 aromatic carbocycles. The van der Waals surface area contributed by atoms with E-state index < -0.39 is 0 Å². The van der Waals surface area contributed by atoms with E-state index >= 15 is 0 Å². The number of rotatable bonds is 3. The second kappa shape index (κ2) is 8.42. The Morgan fingerprint density at radius 1 is 0.897 bits per heavy atom. The van der Waals surface area contributed by atoms with Crippen LogP contribution in [0.1, 0.15) is 46.4 Å². The van der Waals surface area contributed by atoms with Crippen LogP contribution in [0.15, 0.2) is 74.6 Å². The summed E-state index contributed by atoms with van der Waals surface area (Å²) in [5, 5.41) is 14.2. The van der Waals surface area contributed by atoms with Crippen LogP contribution in [0.3, 0.4) is 0 Å². The minimum absolute atomic E-state index is 0.0469. The van der Waals surface area contributed by atoms with E-state index in [-0.39, 0.29) is 12.2 Å². The summed E-state index contributed by atoms with van der Waals surface area (Å²) >= 11 is 7.05. The topological polar surface area (TPSA) is 44.6 Å². The van der Waals surface area contributed by atoms with Crippen LogP contribution < -0.4 is 5.32 Å². The van der Waals surface area contributed by atoms with Gasteiger partial charge in [0.05, 0.1) is 0 Å². The van der Waals surface area contributed by atoms with Gasteiger partial charge >= 0.3 is 0 Å². The zero-order valence-electron chi connectivity index (χ0n) is 16.3. The van der Waals surface area contributed by atoms with Gasteiger partial charge in [0.2, 0.25) is 0 Å². The summed E-state index contributed by atoms with van der Waals surface area (Å²) in [6, 6.07) is 20.2. The van der Waals surface area contributed by atoms with Crippen molar-refractivity contribution in [3.63, 3.8) is 0 Å². The summed E-state index contributed by atoms with van der Waals surface area (Å²) in [6.07, 6.45) is 0.527. The van der Waals surface area contributed by atoms with Gasteiger partial charge in [-0.3, -0.25) is 10.3 Å². The van der Waals surface area contributed by atoms with Crippen LogP contribution in [-0.2, 0) is 0 Å². The number of nitrogens with zero attached hydrogens (tertiary/aromatic N) is 1. The van der Waals surface area contributed by atoms with E-state index in [4.69, 9.17) is 4.99 Å². The molecule has 0 fully saturated rings. The Hall–Kier alpha value is -1.95. The average molecular weight is 514 g/mol. The largest absolute Gasteiger partial charge is 0.508 e. The molecular weight excluding hydrogens is 492 g/mol. The first-order valence-electron chi connectivity index (χ1n) is 9.55. The van der Waals surface area contributed by atoms with Gasteiger partial charge in [0.25, 0.3) is 0 Å². The third-order valence-electron chi connectivity index (χ3n) is 5.30. The second-order valence-electron chi connectivity index (χ2n) is 7.47. The summed E-state index contributed by atoms with van der Waals surface area (Å²) in [7, 11) is 0. The number of halogens is 2. The Labute approximate surface area is 188 Å². The van der Waals surface area contributed by atoms with Crippen molar-refractivity contribution in [1.29, 1.82) is 0 Å². The first-order valence-corrected chi connectivity index (χ1v) is 11.1. The lowest BCUT2D eigenvalue weighted by Crippen LogP contribution is -2.33. The number of aliphatic imine (C=N–C) groups is 1. The van der Waals surface area contributed by atoms with Gasteiger partial charge in [-0.1, -0.05) is 67.8 Å². The third-order valence-corrected chi connectivity index (χ3v) is 6.33. The predicted octanol–water partition coefficient (Wildman–Crippen LogP) is 6.76. The molecule has 0 amide bonds. The third kappa shape index (κ3) is 4.47. The summed E-state index contributed by atoms with van der Waals surface area (Å²) in [6.45, 7) is 4.23. The van der Waals surface area contributed by atoms with Crippen molar-refractivity contribution in [2.45, 2.75) is 32.5 Å². The molecule has 0 aliphatic carbocycles. The molecule has 2 atom stereocenters. The maximum absolute atomic E-state index is 10.5. The number of phenols is 1. The van der Waals surface area contributed by atoms with E-state index in [1.54, 1.807) is 6.07 Å². The van der Waals surface area contributed by atoms with Crippen LogP contribution >= 0.6 is 31.9 Å². The highest BCUT2D eigenvalue weighted by Crippen LogP contribution is 2.36. The highest BCUT2D eigenvalue weighted by molar-refractivity contribution is 9.10. The van der Waals surface area contributed by atoms with Crippen LogP contribution in [0.4, 0.5) is 0 Å². The number of benzene rings is 3. The van der Waals surface area contributed by atoms with Crippen molar-refractivity contribution in [2.75, 3.05) is 0 Å². The quantitative estimate of drug-likeness (QED) is 0.406. The van der Waals surface area contributed by atoms with Crippen molar-refractivity contribution in [3.8, 4) is 5.75 Å². The van der Waals surface area contributed by atoms with E-state index in [2.05, 4.69) is 81.4 Å². The SMILES string of the molecule is Cc1ccc(C2N=C(c3ccc(Br)cc3)CC(c3cc(Br)ccc3O)N2)c(C)c1. The van der Waals surface area contributed by atoms with Crippen molar-refractivity contribution in [2.24, 2.45) is 4.99 Å². The average Bonchev–Trinajstić information content (AvgIpc) is 2.70. The zero-order valence-corrected chi connectivity index (χ0v) is 19.5. The molecule has 4 rings (SSSR count). The molecular formula is C24H22Br2N2O. The zero-order chi connectivity index (χ0) is 20.5. The van der Waals surface area contributed by atoms with Gasteiger partial charge in [-0.25, -0.2) is 0 Å². The molecule has 0 bridgehead atoms. The lowest BCUT2D eigenvalue weighted by atomic mass is 9.92. The molecule has 2 unspecified atom stereocenters. The lowest BCUT2D eigenvalue weighted by molar-refractivity contribution is 0.412. The van der Waals surface area contributed by atoms with E-state index in [0.717, 1.165) is 31.3 Å². The number of aryl methyl sites for hydroxylation is 2. The minimum Gasteiger partial charge on any atom is -0.508 e. The molecule has 1 aliphatic rings. The van der Waals surface area contributed by atoms with Gasteiger partial charge in [-0.2, -0.15) is 0 Å². The van der Waals surface area contributed by atoms with Gasteiger partial charge in [0.1, 0.15) is 11.9 Å². The standard InChI is InChI=1S/C24H22Br2N2O/c1-14-3-9-19(15(2)11-14)24-27-21(16-4-6-17(25)7-5-16)13-22(28-24)20-12-18(26)8-10-23(20)29/h3-12,22,24,28-29H,13H2,1-2H3. The van der Waals surface area contributed by atoms with Gasteiger partial charge in [0.15, 0.2) is 0 Å². The molecule has 0 saturated carbocycles. The van der Waals surface area contributed by atoms with Crippen molar-refractivity contribution in [1.82, 2.24) is 5.32 Å². The first kappa shape index (κ1) is 20.3. The van der Waals surface area contributed by atoms with Crippen molar-refractivity contribution >= 4 is 37.6 Å². The number of phenolic OH excluding ortho intramolecular Hbond substituents is 1. The molecule has 0 spiro atoms. The van der Waals surface area contributed by atoms with Gasteiger partial charge < -0.3 is 5.11 Å². The number of aromatic hydroxyl groups is 1. The van der Waals surface area contributed by atoms with Gasteiger partial charge in [-0.15, -0.1) is 0 Å². The van der Waals surface area contributed by atoms with Crippen LogP contribution in [0.2, 0.25) is 0 Å².